The predicted octanol–water partition coefficient (Wildman–Crippen LogP) is 0.296. The number of hydrogen-bond acceptors (Lipinski definition) is 4. The van der Waals surface area contributed by atoms with E-state index in [1.165, 1.54) is 0 Å². The Labute approximate surface area is 104 Å². The molecule has 0 aliphatic carbocycles. The van der Waals surface area contributed by atoms with Crippen LogP contribution < -0.4 is 5.73 Å². The van der Waals surface area contributed by atoms with E-state index in [4.69, 9.17) is 10.5 Å². The number of piperazine rings is 1. The summed E-state index contributed by atoms with van der Waals surface area (Å²) in [6, 6.07) is 0.680. The molecule has 2 N–H and O–H groups in total. The van der Waals surface area contributed by atoms with Gasteiger partial charge in [0.15, 0.2) is 0 Å². The molecule has 0 aromatic heterocycles. The summed E-state index contributed by atoms with van der Waals surface area (Å²) in [4.78, 5) is 5.10. The van der Waals surface area contributed by atoms with Crippen LogP contribution in [0.5, 0.6) is 0 Å². The third-order valence-electron chi connectivity index (χ3n) is 3.93. The summed E-state index contributed by atoms with van der Waals surface area (Å²) in [6.45, 7) is 11.6. The van der Waals surface area contributed by atoms with Gasteiger partial charge < -0.3 is 10.5 Å². The molecule has 0 bridgehead atoms. The molecule has 2 saturated heterocycles. The first-order valence-electron chi connectivity index (χ1n) is 6.58. The summed E-state index contributed by atoms with van der Waals surface area (Å²) in [7, 11) is 0. The van der Waals surface area contributed by atoms with Gasteiger partial charge in [0.05, 0.1) is 19.3 Å². The molecule has 98 valence electrons. The summed E-state index contributed by atoms with van der Waals surface area (Å²) in [5.41, 5.74) is 5.65. The molecule has 4 nitrogen and oxygen atoms in total. The van der Waals surface area contributed by atoms with E-state index < -0.39 is 0 Å². The van der Waals surface area contributed by atoms with Crippen molar-refractivity contribution < 1.29 is 4.74 Å². The maximum absolute atomic E-state index is 5.53. The fraction of sp³-hybridized carbons (Fsp3) is 0.846. The molecule has 0 aromatic rings. The topological polar surface area (TPSA) is 41.7 Å². The van der Waals surface area contributed by atoms with Gasteiger partial charge in [0.1, 0.15) is 0 Å². The first-order valence-corrected chi connectivity index (χ1v) is 6.58. The minimum Gasteiger partial charge on any atom is -0.378 e. The molecule has 0 amide bonds. The molecule has 0 unspecified atom stereocenters. The van der Waals surface area contributed by atoms with Crippen LogP contribution in [0.4, 0.5) is 0 Å². The van der Waals surface area contributed by atoms with Crippen LogP contribution in [0.2, 0.25) is 0 Å². The summed E-state index contributed by atoms with van der Waals surface area (Å²) in [6.07, 6.45) is 4.29. The smallest absolute Gasteiger partial charge is 0.0645 e. The SMILES string of the molecule is CC(C)(C=CCN)N1CCN(C2COC2)CC1. The van der Waals surface area contributed by atoms with Gasteiger partial charge in [0.2, 0.25) is 0 Å². The molecule has 17 heavy (non-hydrogen) atoms. The number of nitrogens with two attached hydrogens (primary N) is 1. The van der Waals surface area contributed by atoms with Gasteiger partial charge in [-0.3, -0.25) is 9.80 Å². The van der Waals surface area contributed by atoms with Crippen LogP contribution in [0, 0.1) is 0 Å². The van der Waals surface area contributed by atoms with Crippen molar-refractivity contribution in [2.24, 2.45) is 5.73 Å². The van der Waals surface area contributed by atoms with Crippen LogP contribution in [0.1, 0.15) is 13.8 Å². The Kier molecular flexibility index (Phi) is 4.20. The van der Waals surface area contributed by atoms with Crippen LogP contribution >= 0.6 is 0 Å². The highest BCUT2D eigenvalue weighted by Gasteiger charge is 2.32. The maximum atomic E-state index is 5.53. The number of hydrogen-bond donors (Lipinski definition) is 1. The quantitative estimate of drug-likeness (QED) is 0.716. The van der Waals surface area contributed by atoms with Gasteiger partial charge >= 0.3 is 0 Å². The van der Waals surface area contributed by atoms with Crippen LogP contribution in [0.3, 0.4) is 0 Å². The highest BCUT2D eigenvalue weighted by atomic mass is 16.5. The zero-order chi connectivity index (χ0) is 12.3. The van der Waals surface area contributed by atoms with Gasteiger partial charge in [-0.25, -0.2) is 0 Å². The van der Waals surface area contributed by atoms with Gasteiger partial charge in [-0.2, -0.15) is 0 Å². The van der Waals surface area contributed by atoms with E-state index in [1.54, 1.807) is 0 Å². The molecule has 0 radical (unpaired) electrons. The highest BCUT2D eigenvalue weighted by molar-refractivity contribution is 5.04. The second-order valence-corrected chi connectivity index (χ2v) is 5.51. The van der Waals surface area contributed by atoms with E-state index in [2.05, 4.69) is 35.8 Å². The van der Waals surface area contributed by atoms with Crippen molar-refractivity contribution in [1.29, 1.82) is 0 Å². The predicted molar refractivity (Wildman–Crippen MR) is 70.0 cm³/mol. The highest BCUT2D eigenvalue weighted by Crippen LogP contribution is 2.20. The lowest BCUT2D eigenvalue weighted by Gasteiger charge is -2.46. The minimum atomic E-state index is 0.127. The first-order chi connectivity index (χ1) is 8.13. The Morgan fingerprint density at radius 1 is 1.24 bits per heavy atom. The zero-order valence-electron chi connectivity index (χ0n) is 11.1. The third kappa shape index (κ3) is 3.07. The van der Waals surface area contributed by atoms with E-state index in [0.29, 0.717) is 12.6 Å². The van der Waals surface area contributed by atoms with E-state index in [-0.39, 0.29) is 5.54 Å². The summed E-state index contributed by atoms with van der Waals surface area (Å²) >= 11 is 0. The van der Waals surface area contributed by atoms with Crippen LogP contribution in [-0.2, 0) is 4.74 Å². The van der Waals surface area contributed by atoms with E-state index in [0.717, 1.165) is 39.4 Å². The van der Waals surface area contributed by atoms with Crippen molar-refractivity contribution in [3.8, 4) is 0 Å². The fourth-order valence-electron chi connectivity index (χ4n) is 2.56. The van der Waals surface area contributed by atoms with Gasteiger partial charge in [-0.15, -0.1) is 0 Å². The lowest BCUT2D eigenvalue weighted by atomic mass is 10.0. The molecule has 0 saturated carbocycles. The minimum absolute atomic E-state index is 0.127. The Balaban J connectivity index is 1.82. The van der Waals surface area contributed by atoms with Crippen molar-refractivity contribution in [3.05, 3.63) is 12.2 Å². The molecule has 2 rings (SSSR count). The van der Waals surface area contributed by atoms with Crippen molar-refractivity contribution in [2.75, 3.05) is 45.9 Å². The Bertz CT molecular complexity index is 266. The number of nitrogens with zero attached hydrogens (tertiary/aromatic N) is 2. The monoisotopic (exact) mass is 239 g/mol. The summed E-state index contributed by atoms with van der Waals surface area (Å²) in [5, 5.41) is 0. The average molecular weight is 239 g/mol. The molecule has 0 atom stereocenters. The second kappa shape index (κ2) is 5.48. The van der Waals surface area contributed by atoms with E-state index in [9.17, 15) is 0 Å². The van der Waals surface area contributed by atoms with Crippen LogP contribution in [0.15, 0.2) is 12.2 Å². The number of ether oxygens (including phenoxy) is 1. The van der Waals surface area contributed by atoms with Crippen molar-refractivity contribution in [2.45, 2.75) is 25.4 Å². The Morgan fingerprint density at radius 3 is 2.35 bits per heavy atom. The van der Waals surface area contributed by atoms with Crippen LogP contribution in [0.25, 0.3) is 0 Å². The molecule has 2 fully saturated rings. The summed E-state index contributed by atoms with van der Waals surface area (Å²) < 4.78 is 5.25. The molecular formula is C13H25N3O. The molecular weight excluding hydrogens is 214 g/mol. The Hall–Kier alpha value is -0.420. The molecule has 2 aliphatic rings. The van der Waals surface area contributed by atoms with Gasteiger partial charge in [-0.1, -0.05) is 12.2 Å². The summed E-state index contributed by atoms with van der Waals surface area (Å²) in [5.74, 6) is 0. The normalized spacial score (nSPS) is 25.4. The lowest BCUT2D eigenvalue weighted by Crippen LogP contribution is -2.59. The molecule has 2 aliphatic heterocycles. The average Bonchev–Trinajstić information content (AvgIpc) is 2.25. The molecule has 2 heterocycles. The van der Waals surface area contributed by atoms with Crippen molar-refractivity contribution in [3.63, 3.8) is 0 Å². The Morgan fingerprint density at radius 2 is 1.88 bits per heavy atom. The van der Waals surface area contributed by atoms with Crippen molar-refractivity contribution in [1.82, 2.24) is 9.80 Å². The standard InChI is InChI=1S/C13H25N3O/c1-13(2,4-3-5-14)16-8-6-15(7-9-16)12-10-17-11-12/h3-4,12H,5-11,14H2,1-2H3. The van der Waals surface area contributed by atoms with Gasteiger partial charge in [0.25, 0.3) is 0 Å². The van der Waals surface area contributed by atoms with Crippen LogP contribution in [-0.4, -0.2) is 67.3 Å². The largest absolute Gasteiger partial charge is 0.378 e. The molecule has 0 spiro atoms. The number of rotatable bonds is 4. The third-order valence-corrected chi connectivity index (χ3v) is 3.93. The zero-order valence-corrected chi connectivity index (χ0v) is 11.1. The van der Waals surface area contributed by atoms with Gasteiger partial charge in [-0.05, 0) is 13.8 Å². The second-order valence-electron chi connectivity index (χ2n) is 5.51. The van der Waals surface area contributed by atoms with E-state index >= 15 is 0 Å². The molecule has 4 heteroatoms. The molecule has 0 aromatic carbocycles. The van der Waals surface area contributed by atoms with Crippen molar-refractivity contribution >= 4 is 0 Å². The maximum Gasteiger partial charge on any atom is 0.0645 e. The lowest BCUT2D eigenvalue weighted by molar-refractivity contribution is -0.0816. The fourth-order valence-corrected chi connectivity index (χ4v) is 2.56. The first kappa shape index (κ1) is 13.0. The van der Waals surface area contributed by atoms with Gasteiger partial charge in [0, 0.05) is 38.3 Å². The van der Waals surface area contributed by atoms with E-state index in [1.807, 2.05) is 0 Å².